The van der Waals surface area contributed by atoms with Gasteiger partial charge in [0.15, 0.2) is 6.04 Å². The zero-order valence-corrected chi connectivity index (χ0v) is 17.5. The van der Waals surface area contributed by atoms with E-state index >= 15 is 0 Å². The molecular weight excluding hydrogens is 424 g/mol. The lowest BCUT2D eigenvalue weighted by molar-refractivity contribution is -0.142. The summed E-state index contributed by atoms with van der Waals surface area (Å²) in [6.45, 7) is 0.00953. The van der Waals surface area contributed by atoms with Gasteiger partial charge in [0, 0.05) is 11.5 Å². The summed E-state index contributed by atoms with van der Waals surface area (Å²) in [4.78, 5) is 35.4. The lowest BCUT2D eigenvalue weighted by Gasteiger charge is -2.21. The van der Waals surface area contributed by atoms with Gasteiger partial charge in [-0.3, -0.25) is 4.79 Å². The number of ether oxygens (including phenoxy) is 1. The van der Waals surface area contributed by atoms with Crippen molar-refractivity contribution in [2.24, 2.45) is 5.73 Å². The molecule has 8 heteroatoms. The molecule has 33 heavy (non-hydrogen) atoms. The van der Waals surface area contributed by atoms with Gasteiger partial charge in [0.2, 0.25) is 5.91 Å². The molecule has 0 fully saturated rings. The Morgan fingerprint density at radius 1 is 0.909 bits per heavy atom. The largest absolute Gasteiger partial charge is 0.480 e. The van der Waals surface area contributed by atoms with Gasteiger partial charge in [-0.1, -0.05) is 60.7 Å². The molecule has 1 aliphatic rings. The summed E-state index contributed by atoms with van der Waals surface area (Å²) in [5.74, 6) is -2.27. The highest BCUT2D eigenvalue weighted by Gasteiger charge is 2.32. The summed E-state index contributed by atoms with van der Waals surface area (Å²) in [5.41, 5.74) is 9.79. The summed E-state index contributed by atoms with van der Waals surface area (Å²) >= 11 is 0. The molecule has 3 aromatic carbocycles. The van der Waals surface area contributed by atoms with Crippen molar-refractivity contribution in [3.05, 3.63) is 95.1 Å². The summed E-state index contributed by atoms with van der Waals surface area (Å²) in [6, 6.07) is 19.5. The van der Waals surface area contributed by atoms with E-state index in [2.05, 4.69) is 5.32 Å². The number of amides is 2. The SMILES string of the molecule is NC(=O)c1ccc([C@@H](O)[C@H](NC(=O)OCC2c3ccccc3-c3ccccc32)C(=O)O)cc1. The number of hydrogen-bond acceptors (Lipinski definition) is 5. The number of fused-ring (bicyclic) bond motifs is 3. The van der Waals surface area contributed by atoms with Crippen LogP contribution in [0.5, 0.6) is 0 Å². The molecule has 0 radical (unpaired) electrons. The van der Waals surface area contributed by atoms with Crippen molar-refractivity contribution in [2.45, 2.75) is 18.1 Å². The standard InChI is InChI=1S/C25H22N2O6/c26-23(29)15-11-9-14(10-12-15)22(28)21(24(30)31)27-25(32)33-13-20-18-7-3-1-5-16(18)17-6-2-4-8-19(17)20/h1-12,20-22,28H,13H2,(H2,26,29)(H,27,32)(H,30,31)/t21-,22+/m0/s1. The number of nitrogens with one attached hydrogen (secondary N) is 1. The lowest BCUT2D eigenvalue weighted by atomic mass is 9.98. The van der Waals surface area contributed by atoms with Gasteiger partial charge in [0.05, 0.1) is 0 Å². The summed E-state index contributed by atoms with van der Waals surface area (Å²) < 4.78 is 5.37. The maximum atomic E-state index is 12.4. The zero-order valence-electron chi connectivity index (χ0n) is 17.5. The molecule has 2 atom stereocenters. The van der Waals surface area contributed by atoms with Crippen LogP contribution in [-0.4, -0.2) is 40.8 Å². The Morgan fingerprint density at radius 2 is 1.45 bits per heavy atom. The van der Waals surface area contributed by atoms with Crippen LogP contribution in [0.4, 0.5) is 4.79 Å². The van der Waals surface area contributed by atoms with Gasteiger partial charge in [-0.2, -0.15) is 0 Å². The fourth-order valence-corrected chi connectivity index (χ4v) is 4.08. The molecule has 2 amide bonds. The van der Waals surface area contributed by atoms with Crippen LogP contribution >= 0.6 is 0 Å². The van der Waals surface area contributed by atoms with Crippen LogP contribution < -0.4 is 11.1 Å². The highest BCUT2D eigenvalue weighted by Crippen LogP contribution is 2.44. The van der Waals surface area contributed by atoms with Crippen molar-refractivity contribution < 1.29 is 29.3 Å². The third-order valence-electron chi connectivity index (χ3n) is 5.74. The molecule has 0 saturated heterocycles. The molecule has 0 bridgehead atoms. The highest BCUT2D eigenvalue weighted by molar-refractivity contribution is 5.92. The molecule has 0 saturated carbocycles. The maximum Gasteiger partial charge on any atom is 0.407 e. The van der Waals surface area contributed by atoms with Crippen molar-refractivity contribution in [2.75, 3.05) is 6.61 Å². The van der Waals surface area contributed by atoms with E-state index in [1.807, 2.05) is 48.5 Å². The first-order chi connectivity index (χ1) is 15.9. The second-order valence-electron chi connectivity index (χ2n) is 7.72. The molecule has 1 aliphatic carbocycles. The Kier molecular flexibility index (Phi) is 6.10. The van der Waals surface area contributed by atoms with E-state index in [0.717, 1.165) is 22.3 Å². The second kappa shape index (κ2) is 9.13. The number of hydrogen-bond donors (Lipinski definition) is 4. The molecule has 0 unspecified atom stereocenters. The van der Waals surface area contributed by atoms with Gasteiger partial charge in [0.1, 0.15) is 12.7 Å². The minimum atomic E-state index is -1.65. The smallest absolute Gasteiger partial charge is 0.407 e. The number of aliphatic hydroxyl groups excluding tert-OH is 1. The van der Waals surface area contributed by atoms with Gasteiger partial charge in [-0.05, 0) is 39.9 Å². The number of carboxylic acids is 1. The number of rotatable bonds is 7. The van der Waals surface area contributed by atoms with E-state index in [9.17, 15) is 24.6 Å². The van der Waals surface area contributed by atoms with E-state index in [-0.39, 0.29) is 23.7 Å². The predicted octanol–water partition coefficient (Wildman–Crippen LogP) is 2.81. The van der Waals surface area contributed by atoms with E-state index in [1.54, 1.807) is 0 Å². The van der Waals surface area contributed by atoms with Crippen LogP contribution in [-0.2, 0) is 9.53 Å². The van der Waals surface area contributed by atoms with Gasteiger partial charge in [-0.15, -0.1) is 0 Å². The zero-order chi connectivity index (χ0) is 23.5. The number of aliphatic carboxylic acids is 1. The molecular formula is C25H22N2O6. The maximum absolute atomic E-state index is 12.4. The predicted molar refractivity (Wildman–Crippen MR) is 120 cm³/mol. The number of carboxylic acid groups (broad SMARTS) is 1. The molecule has 168 valence electrons. The molecule has 8 nitrogen and oxygen atoms in total. The first-order valence-corrected chi connectivity index (χ1v) is 10.3. The summed E-state index contributed by atoms with van der Waals surface area (Å²) in [6.07, 6.45) is -2.53. The number of carbonyl (C=O) groups excluding carboxylic acids is 2. The quantitative estimate of drug-likeness (QED) is 0.440. The number of nitrogens with two attached hydrogens (primary N) is 1. The third-order valence-corrected chi connectivity index (χ3v) is 5.74. The summed E-state index contributed by atoms with van der Waals surface area (Å²) in [5, 5.41) is 22.3. The number of benzene rings is 3. The van der Waals surface area contributed by atoms with Gasteiger partial charge in [-0.25, -0.2) is 9.59 Å². The molecule has 0 heterocycles. The number of aliphatic hydroxyl groups is 1. The Morgan fingerprint density at radius 3 is 1.97 bits per heavy atom. The summed E-state index contributed by atoms with van der Waals surface area (Å²) in [7, 11) is 0. The molecule has 5 N–H and O–H groups in total. The van der Waals surface area contributed by atoms with Crippen molar-refractivity contribution in [1.29, 1.82) is 0 Å². The van der Waals surface area contributed by atoms with E-state index in [4.69, 9.17) is 10.5 Å². The van der Waals surface area contributed by atoms with Gasteiger partial charge in [0.25, 0.3) is 0 Å². The highest BCUT2D eigenvalue weighted by atomic mass is 16.5. The molecule has 4 rings (SSSR count). The Hall–Kier alpha value is -4.17. The number of alkyl carbamates (subject to hydrolysis) is 1. The van der Waals surface area contributed by atoms with Gasteiger partial charge < -0.3 is 26.0 Å². The van der Waals surface area contributed by atoms with E-state index in [0.29, 0.717) is 0 Å². The van der Waals surface area contributed by atoms with Crippen molar-refractivity contribution in [3.63, 3.8) is 0 Å². The van der Waals surface area contributed by atoms with Crippen LogP contribution in [0, 0.1) is 0 Å². The molecule has 0 aromatic heterocycles. The fraction of sp³-hybridized carbons (Fsp3) is 0.160. The molecule has 3 aromatic rings. The minimum absolute atomic E-state index is 0.00953. The second-order valence-corrected chi connectivity index (χ2v) is 7.72. The van der Waals surface area contributed by atoms with Crippen LogP contribution in [0.3, 0.4) is 0 Å². The van der Waals surface area contributed by atoms with Gasteiger partial charge >= 0.3 is 12.1 Å². The van der Waals surface area contributed by atoms with Crippen LogP contribution in [0.15, 0.2) is 72.8 Å². The fourth-order valence-electron chi connectivity index (χ4n) is 4.08. The third kappa shape index (κ3) is 4.42. The Bertz CT molecular complexity index is 1160. The molecule has 0 aliphatic heterocycles. The van der Waals surface area contributed by atoms with Crippen molar-refractivity contribution in [3.8, 4) is 11.1 Å². The average Bonchev–Trinajstić information content (AvgIpc) is 3.14. The van der Waals surface area contributed by atoms with Crippen molar-refractivity contribution >= 4 is 18.0 Å². The topological polar surface area (TPSA) is 139 Å². The van der Waals surface area contributed by atoms with Crippen LogP contribution in [0.2, 0.25) is 0 Å². The Balaban J connectivity index is 1.45. The van der Waals surface area contributed by atoms with Crippen LogP contribution in [0.1, 0.15) is 39.1 Å². The average molecular weight is 446 g/mol. The monoisotopic (exact) mass is 446 g/mol. The first-order valence-electron chi connectivity index (χ1n) is 10.3. The number of primary amides is 1. The minimum Gasteiger partial charge on any atom is -0.480 e. The lowest BCUT2D eigenvalue weighted by Crippen LogP contribution is -2.45. The first kappa shape index (κ1) is 22.0. The Labute approximate surface area is 189 Å². The molecule has 0 spiro atoms. The van der Waals surface area contributed by atoms with Crippen LogP contribution in [0.25, 0.3) is 11.1 Å². The van der Waals surface area contributed by atoms with Crippen molar-refractivity contribution in [1.82, 2.24) is 5.32 Å². The van der Waals surface area contributed by atoms with E-state index < -0.39 is 30.1 Å². The number of carbonyl (C=O) groups is 3. The normalized spacial score (nSPS) is 14.0. The van der Waals surface area contributed by atoms with E-state index in [1.165, 1.54) is 24.3 Å².